The lowest BCUT2D eigenvalue weighted by Crippen LogP contribution is -2.13. The van der Waals surface area contributed by atoms with Crippen LogP contribution in [0.2, 0.25) is 0 Å². The van der Waals surface area contributed by atoms with Crippen LogP contribution >= 0.6 is 0 Å². The summed E-state index contributed by atoms with van der Waals surface area (Å²) in [5.41, 5.74) is 2.90. The zero-order chi connectivity index (χ0) is 18.7. The lowest BCUT2D eigenvalue weighted by atomic mass is 10.1. The number of carbonyl (C=O) groups is 1. The van der Waals surface area contributed by atoms with Crippen LogP contribution in [-0.2, 0) is 6.42 Å². The number of benzene rings is 2. The Morgan fingerprint density at radius 1 is 1.19 bits per heavy atom. The van der Waals surface area contributed by atoms with Crippen LogP contribution in [-0.4, -0.2) is 20.6 Å². The minimum atomic E-state index is -0.442. The van der Waals surface area contributed by atoms with Crippen molar-refractivity contribution in [2.45, 2.75) is 20.3 Å². The summed E-state index contributed by atoms with van der Waals surface area (Å²) in [4.78, 5) is 23.2. The van der Waals surface area contributed by atoms with Crippen LogP contribution in [0.15, 0.2) is 54.6 Å². The van der Waals surface area contributed by atoms with Gasteiger partial charge in [-0.3, -0.25) is 14.9 Å². The van der Waals surface area contributed by atoms with E-state index in [1.165, 1.54) is 6.07 Å². The third-order valence-corrected chi connectivity index (χ3v) is 4.04. The molecule has 0 saturated carbocycles. The van der Waals surface area contributed by atoms with Gasteiger partial charge in [0, 0.05) is 23.0 Å². The Balaban J connectivity index is 1.85. The van der Waals surface area contributed by atoms with Crippen molar-refractivity contribution in [3.63, 3.8) is 0 Å². The topological polar surface area (TPSA) is 90.1 Å². The van der Waals surface area contributed by atoms with E-state index in [0.29, 0.717) is 17.7 Å². The molecular formula is C19H18N4O3. The number of rotatable bonds is 5. The maximum atomic E-state index is 12.5. The second-order valence-corrected chi connectivity index (χ2v) is 5.83. The van der Waals surface area contributed by atoms with Crippen LogP contribution in [0.1, 0.15) is 28.7 Å². The molecule has 0 fully saturated rings. The lowest BCUT2D eigenvalue weighted by Gasteiger charge is -2.06. The van der Waals surface area contributed by atoms with Crippen molar-refractivity contribution in [1.82, 2.24) is 9.78 Å². The summed E-state index contributed by atoms with van der Waals surface area (Å²) in [5, 5.41) is 18.2. The molecule has 7 nitrogen and oxygen atoms in total. The first-order valence-corrected chi connectivity index (χ1v) is 8.20. The van der Waals surface area contributed by atoms with E-state index in [1.54, 1.807) is 22.9 Å². The second kappa shape index (κ2) is 7.18. The van der Waals surface area contributed by atoms with E-state index in [0.717, 1.165) is 11.4 Å². The molecule has 132 valence electrons. The van der Waals surface area contributed by atoms with E-state index >= 15 is 0 Å². The minimum Gasteiger partial charge on any atom is -0.320 e. The predicted molar refractivity (Wildman–Crippen MR) is 98.7 cm³/mol. The second-order valence-electron chi connectivity index (χ2n) is 5.83. The van der Waals surface area contributed by atoms with Crippen molar-refractivity contribution in [2.24, 2.45) is 0 Å². The third kappa shape index (κ3) is 3.46. The molecule has 0 atom stereocenters. The van der Waals surface area contributed by atoms with Gasteiger partial charge in [-0.15, -0.1) is 0 Å². The van der Waals surface area contributed by atoms with Gasteiger partial charge in [0.15, 0.2) is 5.69 Å². The van der Waals surface area contributed by atoms with Crippen LogP contribution in [0.25, 0.3) is 5.69 Å². The highest BCUT2D eigenvalue weighted by atomic mass is 16.6. The number of hydrogen-bond donors (Lipinski definition) is 1. The minimum absolute atomic E-state index is 0.00343. The summed E-state index contributed by atoms with van der Waals surface area (Å²) in [6.07, 6.45) is 0.547. The SMILES string of the molecule is CCc1ccc(NC(=O)c2cc(C)n(-c3ccccc3)n2)cc1[N+](=O)[O-]. The number of aryl methyl sites for hydroxylation is 2. The van der Waals surface area contributed by atoms with E-state index in [4.69, 9.17) is 0 Å². The van der Waals surface area contributed by atoms with E-state index < -0.39 is 10.8 Å². The van der Waals surface area contributed by atoms with Gasteiger partial charge in [0.2, 0.25) is 0 Å². The molecule has 0 aliphatic heterocycles. The van der Waals surface area contributed by atoms with E-state index in [2.05, 4.69) is 10.4 Å². The lowest BCUT2D eigenvalue weighted by molar-refractivity contribution is -0.385. The summed E-state index contributed by atoms with van der Waals surface area (Å²) in [6.45, 7) is 3.71. The first-order chi connectivity index (χ1) is 12.5. The maximum Gasteiger partial charge on any atom is 0.276 e. The van der Waals surface area contributed by atoms with Crippen molar-refractivity contribution in [1.29, 1.82) is 0 Å². The molecule has 1 aromatic heterocycles. The number of para-hydroxylation sites is 1. The molecule has 7 heteroatoms. The summed E-state index contributed by atoms with van der Waals surface area (Å²) in [7, 11) is 0. The van der Waals surface area contributed by atoms with Crippen LogP contribution in [0.5, 0.6) is 0 Å². The van der Waals surface area contributed by atoms with Gasteiger partial charge in [0.1, 0.15) is 0 Å². The van der Waals surface area contributed by atoms with Gasteiger partial charge in [-0.2, -0.15) is 5.10 Å². The first kappa shape index (κ1) is 17.3. The van der Waals surface area contributed by atoms with Crippen molar-refractivity contribution in [2.75, 3.05) is 5.32 Å². The van der Waals surface area contributed by atoms with Crippen LogP contribution < -0.4 is 5.32 Å². The van der Waals surface area contributed by atoms with E-state index in [1.807, 2.05) is 44.2 Å². The Hall–Kier alpha value is -3.48. The molecule has 26 heavy (non-hydrogen) atoms. The fourth-order valence-corrected chi connectivity index (χ4v) is 2.72. The van der Waals surface area contributed by atoms with Crippen molar-refractivity contribution < 1.29 is 9.72 Å². The average molecular weight is 350 g/mol. The molecule has 1 N–H and O–H groups in total. The third-order valence-electron chi connectivity index (χ3n) is 4.04. The first-order valence-electron chi connectivity index (χ1n) is 8.20. The number of anilines is 1. The smallest absolute Gasteiger partial charge is 0.276 e. The summed E-state index contributed by atoms with van der Waals surface area (Å²) < 4.78 is 1.68. The zero-order valence-electron chi connectivity index (χ0n) is 14.5. The number of nitro groups is 1. The van der Waals surface area contributed by atoms with Crippen molar-refractivity contribution in [3.8, 4) is 5.69 Å². The zero-order valence-corrected chi connectivity index (χ0v) is 14.5. The Labute approximate surface area is 150 Å². The molecule has 0 aliphatic rings. The molecule has 0 spiro atoms. The monoisotopic (exact) mass is 350 g/mol. The molecule has 1 heterocycles. The maximum absolute atomic E-state index is 12.5. The Bertz CT molecular complexity index is 964. The summed E-state index contributed by atoms with van der Waals surface area (Å²) >= 11 is 0. The molecule has 0 aliphatic carbocycles. The molecular weight excluding hydrogens is 332 g/mol. The molecule has 3 aromatic rings. The predicted octanol–water partition coefficient (Wildman–Crippen LogP) is 3.90. The Morgan fingerprint density at radius 2 is 1.92 bits per heavy atom. The highest BCUT2D eigenvalue weighted by Crippen LogP contribution is 2.24. The number of nitrogens with one attached hydrogen (secondary N) is 1. The van der Waals surface area contributed by atoms with Gasteiger partial charge < -0.3 is 5.32 Å². The molecule has 0 saturated heterocycles. The number of nitrogens with zero attached hydrogens (tertiary/aromatic N) is 3. The molecule has 1 amide bonds. The summed E-state index contributed by atoms with van der Waals surface area (Å²) in [5.74, 6) is -0.415. The van der Waals surface area contributed by atoms with Gasteiger partial charge >= 0.3 is 0 Å². The van der Waals surface area contributed by atoms with Gasteiger partial charge in [0.25, 0.3) is 11.6 Å². The van der Waals surface area contributed by atoms with Gasteiger partial charge in [0.05, 0.1) is 10.6 Å². The number of aromatic nitrogens is 2. The Morgan fingerprint density at radius 3 is 2.58 bits per heavy atom. The van der Waals surface area contributed by atoms with Crippen molar-refractivity contribution >= 4 is 17.3 Å². The number of carbonyl (C=O) groups excluding carboxylic acids is 1. The molecule has 3 rings (SSSR count). The quantitative estimate of drug-likeness (QED) is 0.558. The van der Waals surface area contributed by atoms with Crippen molar-refractivity contribution in [3.05, 3.63) is 81.7 Å². The normalized spacial score (nSPS) is 10.5. The van der Waals surface area contributed by atoms with Gasteiger partial charge in [-0.1, -0.05) is 31.2 Å². The van der Waals surface area contributed by atoms with E-state index in [-0.39, 0.29) is 11.4 Å². The largest absolute Gasteiger partial charge is 0.320 e. The molecule has 0 unspecified atom stereocenters. The van der Waals surface area contributed by atoms with Crippen LogP contribution in [0.3, 0.4) is 0 Å². The standard InChI is InChI=1S/C19H18N4O3/c1-3-14-9-10-15(12-18(14)23(25)26)20-19(24)17-11-13(2)22(21-17)16-7-5-4-6-8-16/h4-12H,3H2,1-2H3,(H,20,24). The molecule has 0 radical (unpaired) electrons. The summed E-state index contributed by atoms with van der Waals surface area (Å²) in [6, 6.07) is 15.8. The highest BCUT2D eigenvalue weighted by Gasteiger charge is 2.17. The fourth-order valence-electron chi connectivity index (χ4n) is 2.72. The number of nitro benzene ring substituents is 1. The molecule has 2 aromatic carbocycles. The van der Waals surface area contributed by atoms with E-state index in [9.17, 15) is 14.9 Å². The van der Waals surface area contributed by atoms with Crippen LogP contribution in [0, 0.1) is 17.0 Å². The van der Waals surface area contributed by atoms with Crippen LogP contribution in [0.4, 0.5) is 11.4 Å². The number of amides is 1. The highest BCUT2D eigenvalue weighted by molar-refractivity contribution is 6.03. The van der Waals surface area contributed by atoms with Gasteiger partial charge in [-0.05, 0) is 37.6 Å². The number of hydrogen-bond acceptors (Lipinski definition) is 4. The average Bonchev–Trinajstić information content (AvgIpc) is 3.04. The fraction of sp³-hybridized carbons (Fsp3) is 0.158. The van der Waals surface area contributed by atoms with Gasteiger partial charge in [-0.25, -0.2) is 4.68 Å². The molecule has 0 bridgehead atoms. The Kier molecular flexibility index (Phi) is 4.79.